The summed E-state index contributed by atoms with van der Waals surface area (Å²) < 4.78 is 30.2. The van der Waals surface area contributed by atoms with Crippen LogP contribution >= 0.6 is 0 Å². The van der Waals surface area contributed by atoms with Gasteiger partial charge in [0.2, 0.25) is 0 Å². The molecule has 0 spiro atoms. The van der Waals surface area contributed by atoms with Crippen LogP contribution in [0.3, 0.4) is 0 Å². The second kappa shape index (κ2) is 4.95. The second-order valence-corrected chi connectivity index (χ2v) is 3.08. The van der Waals surface area contributed by atoms with Gasteiger partial charge in [0.15, 0.2) is 5.78 Å². The molecule has 0 fully saturated rings. The van der Waals surface area contributed by atoms with Gasteiger partial charge in [-0.1, -0.05) is 0 Å². The maximum atomic E-state index is 12.8. The zero-order valence-electron chi connectivity index (χ0n) is 8.17. The van der Waals surface area contributed by atoms with E-state index in [0.717, 1.165) is 12.1 Å². The Morgan fingerprint density at radius 3 is 2.40 bits per heavy atom. The smallest absolute Gasteiger partial charge is 0.182 e. The van der Waals surface area contributed by atoms with Crippen molar-refractivity contribution in [3.63, 3.8) is 0 Å². The molecule has 0 aliphatic carbocycles. The third-order valence-corrected chi connectivity index (χ3v) is 1.83. The van der Waals surface area contributed by atoms with Gasteiger partial charge in [0.25, 0.3) is 0 Å². The number of halogens is 2. The van der Waals surface area contributed by atoms with E-state index in [4.69, 9.17) is 5.73 Å². The van der Waals surface area contributed by atoms with Crippen LogP contribution < -0.4 is 5.73 Å². The molecule has 0 aromatic heterocycles. The molecular weight excluding hydrogens is 204 g/mol. The SMILES string of the molecule is COCC(N)C(=O)c1cc(F)cc(F)c1. The molecule has 82 valence electrons. The van der Waals surface area contributed by atoms with Crippen LogP contribution in [0.25, 0.3) is 0 Å². The zero-order chi connectivity index (χ0) is 11.4. The van der Waals surface area contributed by atoms with Gasteiger partial charge in [0.1, 0.15) is 11.6 Å². The minimum absolute atomic E-state index is 0.0109. The van der Waals surface area contributed by atoms with Crippen LogP contribution in [0.2, 0.25) is 0 Å². The zero-order valence-corrected chi connectivity index (χ0v) is 8.17. The second-order valence-electron chi connectivity index (χ2n) is 3.08. The number of carbonyl (C=O) groups is 1. The molecule has 0 heterocycles. The standard InChI is InChI=1S/C10H11F2NO2/c1-15-5-9(13)10(14)6-2-7(11)4-8(12)3-6/h2-4,9H,5,13H2,1H3. The maximum absolute atomic E-state index is 12.8. The fraction of sp³-hybridized carbons (Fsp3) is 0.300. The number of carbonyl (C=O) groups excluding carboxylic acids is 1. The quantitative estimate of drug-likeness (QED) is 0.766. The van der Waals surface area contributed by atoms with Crippen molar-refractivity contribution in [1.29, 1.82) is 0 Å². The fourth-order valence-electron chi connectivity index (χ4n) is 1.17. The van der Waals surface area contributed by atoms with Gasteiger partial charge in [0, 0.05) is 18.7 Å². The third kappa shape index (κ3) is 3.07. The Balaban J connectivity index is 2.90. The summed E-state index contributed by atoms with van der Waals surface area (Å²) in [5, 5.41) is 0. The number of ether oxygens (including phenoxy) is 1. The molecule has 0 amide bonds. The molecule has 1 atom stereocenters. The van der Waals surface area contributed by atoms with Gasteiger partial charge < -0.3 is 10.5 Å². The minimum atomic E-state index is -0.906. The summed E-state index contributed by atoms with van der Waals surface area (Å²) in [6.45, 7) is 0.0109. The van der Waals surface area contributed by atoms with E-state index in [-0.39, 0.29) is 12.2 Å². The summed E-state index contributed by atoms with van der Waals surface area (Å²) in [6, 6.07) is 1.68. The molecule has 0 radical (unpaired) electrons. The van der Waals surface area contributed by atoms with E-state index < -0.39 is 23.5 Å². The lowest BCUT2D eigenvalue weighted by Gasteiger charge is -2.09. The van der Waals surface area contributed by atoms with Crippen molar-refractivity contribution in [1.82, 2.24) is 0 Å². The van der Waals surface area contributed by atoms with Crippen LogP contribution in [-0.2, 0) is 4.74 Å². The lowest BCUT2D eigenvalue weighted by atomic mass is 10.1. The number of ketones is 1. The Morgan fingerprint density at radius 1 is 1.40 bits per heavy atom. The molecule has 1 rings (SSSR count). The van der Waals surface area contributed by atoms with E-state index in [1.807, 2.05) is 0 Å². The van der Waals surface area contributed by atoms with E-state index in [0.29, 0.717) is 6.07 Å². The summed E-state index contributed by atoms with van der Waals surface area (Å²) in [6.07, 6.45) is 0. The van der Waals surface area contributed by atoms with Crippen molar-refractivity contribution in [3.05, 3.63) is 35.4 Å². The Labute approximate surface area is 85.8 Å². The van der Waals surface area contributed by atoms with Crippen LogP contribution in [0.5, 0.6) is 0 Å². The number of Topliss-reactive ketones (excluding diaryl/α,β-unsaturated/α-hetero) is 1. The maximum Gasteiger partial charge on any atom is 0.182 e. The average Bonchev–Trinajstić information content (AvgIpc) is 2.15. The topological polar surface area (TPSA) is 52.3 Å². The van der Waals surface area contributed by atoms with E-state index in [1.54, 1.807) is 0 Å². The molecule has 0 saturated heterocycles. The lowest BCUT2D eigenvalue weighted by Crippen LogP contribution is -2.34. The normalized spacial score (nSPS) is 12.5. The Bertz CT molecular complexity index is 348. The largest absolute Gasteiger partial charge is 0.383 e. The van der Waals surface area contributed by atoms with Gasteiger partial charge in [-0.25, -0.2) is 8.78 Å². The summed E-state index contributed by atoms with van der Waals surface area (Å²) in [4.78, 5) is 11.5. The molecule has 0 bridgehead atoms. The van der Waals surface area contributed by atoms with Crippen LogP contribution in [0.4, 0.5) is 8.78 Å². The molecule has 0 aliphatic heterocycles. The Morgan fingerprint density at radius 2 is 1.93 bits per heavy atom. The number of benzene rings is 1. The van der Waals surface area contributed by atoms with Gasteiger partial charge in [0.05, 0.1) is 12.6 Å². The number of rotatable bonds is 4. The molecule has 3 nitrogen and oxygen atoms in total. The Kier molecular flexibility index (Phi) is 3.88. The van der Waals surface area contributed by atoms with Crippen molar-refractivity contribution in [2.24, 2.45) is 5.73 Å². The van der Waals surface area contributed by atoms with Gasteiger partial charge in [-0.15, -0.1) is 0 Å². The number of hydrogen-bond donors (Lipinski definition) is 1. The van der Waals surface area contributed by atoms with E-state index in [1.165, 1.54) is 7.11 Å². The minimum Gasteiger partial charge on any atom is -0.383 e. The van der Waals surface area contributed by atoms with E-state index in [9.17, 15) is 13.6 Å². The third-order valence-electron chi connectivity index (χ3n) is 1.83. The van der Waals surface area contributed by atoms with Crippen molar-refractivity contribution in [3.8, 4) is 0 Å². The molecule has 5 heteroatoms. The van der Waals surface area contributed by atoms with E-state index >= 15 is 0 Å². The van der Waals surface area contributed by atoms with Gasteiger partial charge in [-0.3, -0.25) is 4.79 Å². The lowest BCUT2D eigenvalue weighted by molar-refractivity contribution is 0.0891. The fourth-order valence-corrected chi connectivity index (χ4v) is 1.17. The highest BCUT2D eigenvalue weighted by molar-refractivity contribution is 6.00. The summed E-state index contributed by atoms with van der Waals surface area (Å²) in [5.41, 5.74) is 5.35. The van der Waals surface area contributed by atoms with Crippen LogP contribution in [-0.4, -0.2) is 25.5 Å². The van der Waals surface area contributed by atoms with Crippen molar-refractivity contribution in [2.45, 2.75) is 6.04 Å². The molecule has 1 aromatic rings. The van der Waals surface area contributed by atoms with Crippen LogP contribution in [0.15, 0.2) is 18.2 Å². The van der Waals surface area contributed by atoms with Gasteiger partial charge in [-0.05, 0) is 12.1 Å². The molecule has 0 saturated carbocycles. The first-order valence-corrected chi connectivity index (χ1v) is 4.29. The first-order chi connectivity index (χ1) is 7.04. The summed E-state index contributed by atoms with van der Waals surface area (Å²) in [7, 11) is 1.39. The highest BCUT2D eigenvalue weighted by Crippen LogP contribution is 2.09. The Hall–Kier alpha value is -1.33. The van der Waals surface area contributed by atoms with Crippen molar-refractivity contribution >= 4 is 5.78 Å². The summed E-state index contributed by atoms with van der Waals surface area (Å²) in [5.74, 6) is -2.15. The monoisotopic (exact) mass is 215 g/mol. The van der Waals surface area contributed by atoms with Gasteiger partial charge in [-0.2, -0.15) is 0 Å². The summed E-state index contributed by atoms with van der Waals surface area (Å²) >= 11 is 0. The van der Waals surface area contributed by atoms with E-state index in [2.05, 4.69) is 4.74 Å². The average molecular weight is 215 g/mol. The number of hydrogen-bond acceptors (Lipinski definition) is 3. The first-order valence-electron chi connectivity index (χ1n) is 4.29. The predicted octanol–water partition coefficient (Wildman–Crippen LogP) is 1.12. The first kappa shape index (κ1) is 11.7. The van der Waals surface area contributed by atoms with Gasteiger partial charge >= 0.3 is 0 Å². The molecule has 2 N–H and O–H groups in total. The highest BCUT2D eigenvalue weighted by atomic mass is 19.1. The van der Waals surface area contributed by atoms with Crippen molar-refractivity contribution < 1.29 is 18.3 Å². The number of nitrogens with two attached hydrogens (primary N) is 1. The molecule has 0 aliphatic rings. The van der Waals surface area contributed by atoms with Crippen molar-refractivity contribution in [2.75, 3.05) is 13.7 Å². The molecule has 15 heavy (non-hydrogen) atoms. The molecular formula is C10H11F2NO2. The molecule has 1 unspecified atom stereocenters. The predicted molar refractivity (Wildman–Crippen MR) is 50.5 cm³/mol. The number of methoxy groups -OCH3 is 1. The highest BCUT2D eigenvalue weighted by Gasteiger charge is 2.16. The van der Waals surface area contributed by atoms with Crippen LogP contribution in [0.1, 0.15) is 10.4 Å². The molecule has 1 aromatic carbocycles. The van der Waals surface area contributed by atoms with Crippen LogP contribution in [0, 0.1) is 11.6 Å².